The van der Waals surface area contributed by atoms with Crippen molar-refractivity contribution in [2.75, 3.05) is 17.7 Å². The molecular formula is C28H23F8NO4S2. The number of aryl methyl sites for hydroxylation is 1. The van der Waals surface area contributed by atoms with Crippen LogP contribution in [0.3, 0.4) is 0 Å². The Bertz CT molecular complexity index is 1770. The quantitative estimate of drug-likeness (QED) is 0.235. The molecule has 15 heteroatoms. The number of halogens is 8. The Morgan fingerprint density at radius 2 is 1.44 bits per heavy atom. The Morgan fingerprint density at radius 3 is 2.02 bits per heavy atom. The van der Waals surface area contributed by atoms with Crippen molar-refractivity contribution in [1.29, 1.82) is 0 Å². The van der Waals surface area contributed by atoms with Crippen molar-refractivity contribution < 1.29 is 52.0 Å². The van der Waals surface area contributed by atoms with E-state index in [1.807, 2.05) is 0 Å². The summed E-state index contributed by atoms with van der Waals surface area (Å²) in [5.41, 5.74) is -7.41. The Hall–Kier alpha value is -3.20. The molecule has 1 saturated heterocycles. The molecule has 0 amide bonds. The third-order valence-corrected chi connectivity index (χ3v) is 11.9. The van der Waals surface area contributed by atoms with Crippen LogP contribution in [-0.4, -0.2) is 48.0 Å². The van der Waals surface area contributed by atoms with E-state index in [-0.39, 0.29) is 46.7 Å². The number of benzene rings is 3. The molecule has 43 heavy (non-hydrogen) atoms. The van der Waals surface area contributed by atoms with Crippen molar-refractivity contribution in [1.82, 2.24) is 0 Å². The summed E-state index contributed by atoms with van der Waals surface area (Å²) in [5, 5.41) is 0. The highest BCUT2D eigenvalue weighted by atomic mass is 32.2. The predicted molar refractivity (Wildman–Crippen MR) is 140 cm³/mol. The lowest BCUT2D eigenvalue weighted by Crippen LogP contribution is -2.52. The van der Waals surface area contributed by atoms with Crippen molar-refractivity contribution in [3.05, 3.63) is 89.2 Å². The zero-order valence-electron chi connectivity index (χ0n) is 22.2. The minimum Gasteiger partial charge on any atom is -0.366 e. The highest BCUT2D eigenvalue weighted by Crippen LogP contribution is 2.57. The number of hydrogen-bond acceptors (Lipinski definition) is 5. The lowest BCUT2D eigenvalue weighted by atomic mass is 9.76. The van der Waals surface area contributed by atoms with Gasteiger partial charge in [-0.2, -0.15) is 26.3 Å². The van der Waals surface area contributed by atoms with Crippen molar-refractivity contribution >= 4 is 25.4 Å². The van der Waals surface area contributed by atoms with Crippen molar-refractivity contribution in [3.8, 4) is 0 Å². The fourth-order valence-corrected chi connectivity index (χ4v) is 9.28. The van der Waals surface area contributed by atoms with E-state index in [0.717, 1.165) is 36.6 Å². The van der Waals surface area contributed by atoms with E-state index in [1.165, 1.54) is 18.2 Å². The molecule has 0 bridgehead atoms. The molecule has 0 N–H and O–H groups in total. The summed E-state index contributed by atoms with van der Waals surface area (Å²) in [4.78, 5) is 1.24. The zero-order chi connectivity index (χ0) is 31.8. The van der Waals surface area contributed by atoms with E-state index >= 15 is 0 Å². The fraction of sp³-hybridized carbons (Fsp3) is 0.357. The van der Waals surface area contributed by atoms with Gasteiger partial charge in [0.1, 0.15) is 10.6 Å². The summed E-state index contributed by atoms with van der Waals surface area (Å²) in [7, 11) is -8.21. The molecule has 3 aromatic carbocycles. The highest BCUT2D eigenvalue weighted by Gasteiger charge is 2.73. The molecule has 1 aliphatic carbocycles. The van der Waals surface area contributed by atoms with Crippen LogP contribution in [0.5, 0.6) is 0 Å². The first kappa shape index (κ1) is 31.2. The molecular weight excluding hydrogens is 630 g/mol. The van der Waals surface area contributed by atoms with E-state index in [9.17, 15) is 52.0 Å². The lowest BCUT2D eigenvalue weighted by Gasteiger charge is -2.43. The van der Waals surface area contributed by atoms with Crippen LogP contribution in [0.25, 0.3) is 0 Å². The summed E-state index contributed by atoms with van der Waals surface area (Å²) < 4.78 is 161. The third-order valence-electron chi connectivity index (χ3n) is 8.25. The van der Waals surface area contributed by atoms with Crippen LogP contribution in [-0.2, 0) is 36.5 Å². The molecule has 5 rings (SSSR count). The van der Waals surface area contributed by atoms with Crippen molar-refractivity contribution in [2.24, 2.45) is 0 Å². The molecule has 1 fully saturated rings. The van der Waals surface area contributed by atoms with Gasteiger partial charge in [-0.1, -0.05) is 24.3 Å². The summed E-state index contributed by atoms with van der Waals surface area (Å²) in [5.74, 6) is -0.745. The maximum absolute atomic E-state index is 15.0. The number of sulfone groups is 2. The number of fused-ring (bicyclic) bond motifs is 3. The van der Waals surface area contributed by atoms with Gasteiger partial charge in [-0.3, -0.25) is 0 Å². The lowest BCUT2D eigenvalue weighted by molar-refractivity contribution is -0.348. The Kier molecular flexibility index (Phi) is 7.20. The minimum absolute atomic E-state index is 0.0116. The molecule has 2 atom stereocenters. The fourth-order valence-electron chi connectivity index (χ4n) is 6.26. The normalized spacial score (nSPS) is 21.4. The van der Waals surface area contributed by atoms with Crippen LogP contribution in [0.1, 0.15) is 29.5 Å². The minimum atomic E-state index is -6.36. The topological polar surface area (TPSA) is 71.5 Å². The van der Waals surface area contributed by atoms with Gasteiger partial charge in [-0.25, -0.2) is 25.6 Å². The Morgan fingerprint density at radius 1 is 0.814 bits per heavy atom. The van der Waals surface area contributed by atoms with Gasteiger partial charge in [-0.15, -0.1) is 0 Å². The maximum atomic E-state index is 15.0. The molecule has 232 valence electrons. The molecule has 2 aliphatic rings. The number of hydrogen-bond donors (Lipinski definition) is 0. The SMILES string of the molecule is CS(=O)(=O)c1cccc(N2CC[C@@]3(S(=O)(=O)c4ccc(F)cc4)c4ccc(C(F)(C(F)(F)F)C(F)(F)F)cc4CC[C@@H]23)c1. The molecule has 1 aliphatic heterocycles. The summed E-state index contributed by atoms with van der Waals surface area (Å²) in [6.45, 7) is 0.0116. The van der Waals surface area contributed by atoms with Gasteiger partial charge in [-0.05, 0) is 72.9 Å². The van der Waals surface area contributed by atoms with E-state index in [4.69, 9.17) is 0 Å². The summed E-state index contributed by atoms with van der Waals surface area (Å²) in [6, 6.07) is 10.1. The highest BCUT2D eigenvalue weighted by molar-refractivity contribution is 7.92. The number of nitrogens with zero attached hydrogens (tertiary/aromatic N) is 1. The summed E-state index contributed by atoms with van der Waals surface area (Å²) >= 11 is 0. The smallest absolute Gasteiger partial charge is 0.366 e. The monoisotopic (exact) mass is 653 g/mol. The van der Waals surface area contributed by atoms with Gasteiger partial charge >= 0.3 is 18.0 Å². The van der Waals surface area contributed by atoms with Crippen LogP contribution >= 0.6 is 0 Å². The van der Waals surface area contributed by atoms with Gasteiger partial charge in [0.25, 0.3) is 0 Å². The average molecular weight is 654 g/mol. The van der Waals surface area contributed by atoms with E-state index in [0.29, 0.717) is 17.8 Å². The number of anilines is 1. The molecule has 0 aromatic heterocycles. The van der Waals surface area contributed by atoms with Crippen molar-refractivity contribution in [2.45, 2.75) is 57.9 Å². The van der Waals surface area contributed by atoms with Gasteiger partial charge in [0.05, 0.1) is 15.8 Å². The second-order valence-electron chi connectivity index (χ2n) is 10.6. The van der Waals surface area contributed by atoms with Crippen LogP contribution < -0.4 is 4.90 Å². The standard InChI is InChI=1S/C28H23F8NO4S2/c1-42(38,39)22-4-2-3-20(16-22)37-14-13-25(43(40,41)21-9-7-19(29)8-10-21)23-11-6-18(15-17(23)5-12-24(25)37)26(30,27(31,32)33)28(34,35)36/h2-4,6-11,15-16,24H,5,12-14H2,1H3/t24-,25-/m1/s1. The second-order valence-corrected chi connectivity index (χ2v) is 14.9. The van der Waals surface area contributed by atoms with Crippen LogP contribution in [0.4, 0.5) is 40.8 Å². The Labute approximate surface area is 242 Å². The first-order valence-electron chi connectivity index (χ1n) is 12.8. The van der Waals surface area contributed by atoms with E-state index in [2.05, 4.69) is 0 Å². The first-order valence-corrected chi connectivity index (χ1v) is 16.2. The number of alkyl halides is 7. The molecule has 0 radical (unpaired) electrons. The summed E-state index contributed by atoms with van der Waals surface area (Å²) in [6.07, 6.45) is -12.2. The van der Waals surface area contributed by atoms with Gasteiger partial charge in [0.2, 0.25) is 0 Å². The Balaban J connectivity index is 1.73. The largest absolute Gasteiger partial charge is 0.435 e. The second kappa shape index (κ2) is 9.91. The molecule has 1 heterocycles. The zero-order valence-corrected chi connectivity index (χ0v) is 23.8. The van der Waals surface area contributed by atoms with Crippen molar-refractivity contribution in [3.63, 3.8) is 0 Å². The molecule has 0 saturated carbocycles. The average Bonchev–Trinajstić information content (AvgIpc) is 3.33. The van der Waals surface area contributed by atoms with Crippen LogP contribution in [0.2, 0.25) is 0 Å². The van der Waals surface area contributed by atoms with E-state index in [1.54, 1.807) is 11.0 Å². The first-order chi connectivity index (χ1) is 19.7. The molecule has 0 unspecified atom stereocenters. The number of rotatable bonds is 5. The predicted octanol–water partition coefficient (Wildman–Crippen LogP) is 6.41. The molecule has 3 aromatic rings. The maximum Gasteiger partial charge on any atom is 0.435 e. The van der Waals surface area contributed by atoms with Crippen LogP contribution in [0, 0.1) is 5.82 Å². The van der Waals surface area contributed by atoms with Gasteiger partial charge < -0.3 is 4.90 Å². The third kappa shape index (κ3) is 4.69. The van der Waals surface area contributed by atoms with Gasteiger partial charge in [0, 0.05) is 24.1 Å². The van der Waals surface area contributed by atoms with Crippen LogP contribution in [0.15, 0.2) is 76.5 Å². The molecule has 0 spiro atoms. The molecule has 5 nitrogen and oxygen atoms in total. The van der Waals surface area contributed by atoms with Gasteiger partial charge in [0.15, 0.2) is 19.7 Å². The van der Waals surface area contributed by atoms with E-state index < -0.39 is 59.9 Å².